The van der Waals surface area contributed by atoms with Gasteiger partial charge < -0.3 is 11.1 Å². The van der Waals surface area contributed by atoms with Crippen molar-refractivity contribution in [2.75, 3.05) is 22.2 Å². The van der Waals surface area contributed by atoms with Gasteiger partial charge in [0.2, 0.25) is 0 Å². The first-order valence-electron chi connectivity index (χ1n) is 21.2. The molecule has 22 heteroatoms. The number of nitrogens with zero attached hydrogens (tertiary/aromatic N) is 6. The maximum absolute atomic E-state index is 12.8. The summed E-state index contributed by atoms with van der Waals surface area (Å²) in [5, 5.41) is 23.6. The van der Waals surface area contributed by atoms with E-state index >= 15 is 0 Å². The standard InChI is InChI=1S/C18H20ClN5O2S.C15H16BrClN2O2S.C9H19N.C3H3N3O2.2CH4/c1-18(2,3)12-4-6-15(7-5-12)27(25,26)23-16-8-13(19)9-21-17(16)24-11-14(20)10-22-24;1-15(2,3)10-4-6-12(7-5-10)22(20,21)19-13-8-11(17)9-18-14(13)16;1-3-8-6-4-5-7-9(8)10-2;7-6(8)3-1-4-5-2-3;;/h4-11,23H,20H2,1-3H3;4-9,19H,1-3H3;8-10H,3-7H2,1-2H3;1-2H,(H,4,5);2*1H4/t;;8-,9-;;;/m..1.../s1. The number of nitrogens with one attached hydrogen (secondary N) is 4. The molecule has 1 aliphatic carbocycles. The van der Waals surface area contributed by atoms with Gasteiger partial charge >= 0.3 is 5.69 Å². The Kier molecular flexibility index (Phi) is 22.8. The van der Waals surface area contributed by atoms with Crippen LogP contribution in [-0.2, 0) is 30.9 Å². The van der Waals surface area contributed by atoms with Gasteiger partial charge in [-0.2, -0.15) is 10.2 Å². The molecule has 4 aromatic heterocycles. The minimum absolute atomic E-state index is 0. The summed E-state index contributed by atoms with van der Waals surface area (Å²) in [7, 11) is -5.43. The summed E-state index contributed by atoms with van der Waals surface area (Å²) >= 11 is 15.0. The van der Waals surface area contributed by atoms with Gasteiger partial charge in [0.05, 0.1) is 60.4 Å². The Morgan fingerprint density at radius 3 is 1.71 bits per heavy atom. The second-order valence-corrected chi connectivity index (χ2v) is 22.5. The first-order chi connectivity index (χ1) is 31.3. The van der Waals surface area contributed by atoms with E-state index in [0.717, 1.165) is 29.3 Å². The molecule has 0 radical (unpaired) electrons. The maximum Gasteiger partial charge on any atom is 0.306 e. The summed E-state index contributed by atoms with van der Waals surface area (Å²) in [4.78, 5) is 17.8. The molecule has 7 rings (SSSR count). The van der Waals surface area contributed by atoms with Crippen LogP contribution in [0.4, 0.5) is 22.7 Å². The SMILES string of the molecule is C.C.CC(C)(C)c1ccc(S(=O)(=O)Nc2cc(Cl)cnc2-n2cc(N)cn2)cc1.CC(C)(C)c1ccc(S(=O)(=O)Nc2cc(Cl)cnc2Br)cc1.CC[C@@H]1CCCC[C@H]1NC.O=[N+]([O-])c1cn[nH]c1. The van der Waals surface area contributed by atoms with Crippen molar-refractivity contribution in [1.82, 2.24) is 35.3 Å². The van der Waals surface area contributed by atoms with E-state index in [2.05, 4.69) is 111 Å². The monoisotopic (exact) mass is 1090 g/mol. The topological polar surface area (TPSA) is 246 Å². The highest BCUT2D eigenvalue weighted by atomic mass is 79.9. The molecular weight excluding hydrogens is 1030 g/mol. The smallest absolute Gasteiger partial charge is 0.306 e. The molecule has 0 amide bonds. The Hall–Kier alpha value is -5.12. The zero-order valence-electron chi connectivity index (χ0n) is 38.6. The lowest BCUT2D eigenvalue weighted by molar-refractivity contribution is -0.384. The van der Waals surface area contributed by atoms with Crippen LogP contribution in [0.15, 0.2) is 112 Å². The van der Waals surface area contributed by atoms with Gasteiger partial charge in [-0.25, -0.2) is 31.5 Å². The zero-order valence-corrected chi connectivity index (χ0v) is 43.3. The Morgan fingerprint density at radius 1 is 0.812 bits per heavy atom. The summed E-state index contributed by atoms with van der Waals surface area (Å²) in [6.07, 6.45) is 15.3. The van der Waals surface area contributed by atoms with Crippen molar-refractivity contribution in [2.24, 2.45) is 5.92 Å². The van der Waals surface area contributed by atoms with Crippen molar-refractivity contribution in [3.8, 4) is 5.82 Å². The number of hydrogen-bond donors (Lipinski definition) is 5. The molecule has 0 spiro atoms. The number of H-pyrrole nitrogens is 1. The Labute approximate surface area is 426 Å². The zero-order chi connectivity index (χ0) is 49.7. The van der Waals surface area contributed by atoms with Crippen LogP contribution in [0.25, 0.3) is 5.82 Å². The second-order valence-electron chi connectivity index (χ2n) is 17.6. The van der Waals surface area contributed by atoms with Crippen molar-refractivity contribution < 1.29 is 21.8 Å². The molecule has 2 atom stereocenters. The third-order valence-electron chi connectivity index (χ3n) is 10.5. The van der Waals surface area contributed by atoms with Crippen LogP contribution < -0.4 is 20.5 Å². The van der Waals surface area contributed by atoms with Crippen LogP contribution >= 0.6 is 39.1 Å². The predicted octanol–water partition coefficient (Wildman–Crippen LogP) is 12.0. The number of anilines is 3. The number of nitrogens with two attached hydrogens (primary N) is 1. The van der Waals surface area contributed by atoms with E-state index in [4.69, 9.17) is 28.9 Å². The predicted molar refractivity (Wildman–Crippen MR) is 283 cm³/mol. The largest absolute Gasteiger partial charge is 0.396 e. The molecule has 1 saturated carbocycles. The minimum Gasteiger partial charge on any atom is -0.396 e. The van der Waals surface area contributed by atoms with E-state index in [9.17, 15) is 26.9 Å². The Balaban J connectivity index is 0.000000345. The summed E-state index contributed by atoms with van der Waals surface area (Å²) in [5.41, 5.74) is 8.61. The number of pyridine rings is 2. The third-order valence-corrected chi connectivity index (χ3v) is 14.3. The lowest BCUT2D eigenvalue weighted by atomic mass is 9.83. The van der Waals surface area contributed by atoms with Crippen molar-refractivity contribution in [3.63, 3.8) is 0 Å². The highest BCUT2D eigenvalue weighted by Gasteiger charge is 2.23. The van der Waals surface area contributed by atoms with Crippen LogP contribution in [-0.4, -0.2) is 64.8 Å². The molecule has 0 saturated heterocycles. The first-order valence-corrected chi connectivity index (χ1v) is 25.7. The highest BCUT2D eigenvalue weighted by molar-refractivity contribution is 9.10. The van der Waals surface area contributed by atoms with Crippen LogP contribution in [0.1, 0.15) is 107 Å². The number of hydrogen-bond acceptors (Lipinski definition) is 12. The summed E-state index contributed by atoms with van der Waals surface area (Å²) < 4.78 is 57.3. The number of sulfonamides is 2. The molecule has 2 aromatic carbocycles. The molecule has 1 aliphatic rings. The Morgan fingerprint density at radius 2 is 1.30 bits per heavy atom. The number of rotatable bonds is 10. The van der Waals surface area contributed by atoms with E-state index in [1.165, 1.54) is 79.9 Å². The highest BCUT2D eigenvalue weighted by Crippen LogP contribution is 2.30. The molecule has 6 aromatic rings. The molecule has 17 nitrogen and oxygen atoms in total. The van der Waals surface area contributed by atoms with Crippen molar-refractivity contribution >= 4 is 81.9 Å². The number of benzene rings is 2. The third kappa shape index (κ3) is 18.0. The van der Waals surface area contributed by atoms with Crippen LogP contribution in [0.2, 0.25) is 10.0 Å². The summed E-state index contributed by atoms with van der Waals surface area (Å²) in [6, 6.07) is 17.4. The lowest BCUT2D eigenvalue weighted by Gasteiger charge is -2.30. The average Bonchev–Trinajstić information content (AvgIpc) is 3.98. The molecule has 69 heavy (non-hydrogen) atoms. The second kappa shape index (κ2) is 26.2. The van der Waals surface area contributed by atoms with Gasteiger partial charge in [0, 0.05) is 18.4 Å². The molecule has 4 heterocycles. The lowest BCUT2D eigenvalue weighted by Crippen LogP contribution is -2.35. The molecule has 0 aliphatic heterocycles. The van der Waals surface area contributed by atoms with Gasteiger partial charge in [-0.05, 0) is 100 Å². The van der Waals surface area contributed by atoms with Gasteiger partial charge in [0.15, 0.2) is 5.82 Å². The molecule has 378 valence electrons. The quantitative estimate of drug-likeness (QED) is 0.0488. The van der Waals surface area contributed by atoms with Gasteiger partial charge in [0.1, 0.15) is 10.8 Å². The van der Waals surface area contributed by atoms with E-state index in [0.29, 0.717) is 26.0 Å². The fourth-order valence-electron chi connectivity index (χ4n) is 6.73. The summed E-state index contributed by atoms with van der Waals surface area (Å²) in [6.45, 7) is 14.7. The van der Waals surface area contributed by atoms with Gasteiger partial charge in [-0.1, -0.05) is 130 Å². The van der Waals surface area contributed by atoms with E-state index in [-0.39, 0.29) is 52.7 Å². The van der Waals surface area contributed by atoms with E-state index in [1.54, 1.807) is 36.4 Å². The van der Waals surface area contributed by atoms with Gasteiger partial charge in [-0.3, -0.25) is 24.7 Å². The Bertz CT molecular complexity index is 2750. The summed E-state index contributed by atoms with van der Waals surface area (Å²) in [5.74, 6) is 1.23. The van der Waals surface area contributed by atoms with Crippen molar-refractivity contribution in [2.45, 2.75) is 122 Å². The number of nitrogen functional groups attached to an aromatic ring is 1. The van der Waals surface area contributed by atoms with Crippen LogP contribution in [0, 0.1) is 16.0 Å². The molecule has 0 bridgehead atoms. The fraction of sp³-hybridized carbons (Fsp3) is 0.404. The van der Waals surface area contributed by atoms with Crippen molar-refractivity contribution in [1.29, 1.82) is 0 Å². The number of aromatic nitrogens is 6. The van der Waals surface area contributed by atoms with Crippen molar-refractivity contribution in [3.05, 3.63) is 134 Å². The van der Waals surface area contributed by atoms with E-state index < -0.39 is 25.0 Å². The van der Waals surface area contributed by atoms with Crippen LogP contribution in [0.5, 0.6) is 0 Å². The number of aromatic amines is 1. The minimum atomic E-state index is -3.84. The maximum atomic E-state index is 12.8. The number of halogens is 3. The fourth-order valence-corrected chi connectivity index (χ4v) is 9.60. The van der Waals surface area contributed by atoms with Crippen LogP contribution in [0.3, 0.4) is 0 Å². The molecule has 6 N–H and O–H groups in total. The van der Waals surface area contributed by atoms with Gasteiger partial charge in [-0.15, -0.1) is 0 Å². The van der Waals surface area contributed by atoms with E-state index in [1.807, 2.05) is 12.1 Å². The number of nitro groups is 1. The molecule has 0 unspecified atom stereocenters. The molecular formula is C47H66BrCl2N11O6S2. The molecule has 1 fully saturated rings. The first kappa shape index (κ1) is 60.0. The average molecular weight is 1100 g/mol. The normalized spacial score (nSPS) is 14.7. The van der Waals surface area contributed by atoms with Gasteiger partial charge in [0.25, 0.3) is 20.0 Å².